The van der Waals surface area contributed by atoms with Crippen LogP contribution in [0.2, 0.25) is 0 Å². The Kier molecular flexibility index (Phi) is 4.06. The van der Waals surface area contributed by atoms with Crippen LogP contribution in [0.4, 0.5) is 4.39 Å². The highest BCUT2D eigenvalue weighted by Gasteiger charge is 2.55. The van der Waals surface area contributed by atoms with E-state index in [-0.39, 0.29) is 17.4 Å². The first kappa shape index (κ1) is 16.3. The summed E-state index contributed by atoms with van der Waals surface area (Å²) in [6, 6.07) is 0. The van der Waals surface area contributed by atoms with Gasteiger partial charge in [-0.1, -0.05) is 0 Å². The van der Waals surface area contributed by atoms with Gasteiger partial charge in [0.05, 0.1) is 19.7 Å². The lowest BCUT2D eigenvalue weighted by atomic mass is 9.77. The molecule has 3 heterocycles. The van der Waals surface area contributed by atoms with E-state index in [4.69, 9.17) is 4.74 Å². The molecule has 0 unspecified atom stereocenters. The molecule has 3 saturated heterocycles. The van der Waals surface area contributed by atoms with Gasteiger partial charge in [0.2, 0.25) is 5.91 Å². The van der Waals surface area contributed by atoms with Gasteiger partial charge in [-0.25, -0.2) is 4.39 Å². The number of nitrogens with zero attached hydrogens (tertiary/aromatic N) is 2. The molecule has 0 aromatic heterocycles. The zero-order valence-corrected chi connectivity index (χ0v) is 14.3. The van der Waals surface area contributed by atoms with Crippen molar-refractivity contribution >= 4 is 11.8 Å². The lowest BCUT2D eigenvalue weighted by Gasteiger charge is -2.54. The molecular formula is C18H27FN2O3. The predicted octanol–water partition coefficient (Wildman–Crippen LogP) is 1.90. The Balaban J connectivity index is 1.24. The smallest absolute Gasteiger partial charge is 0.260 e. The second kappa shape index (κ2) is 5.97. The van der Waals surface area contributed by atoms with Crippen molar-refractivity contribution in [2.75, 3.05) is 32.8 Å². The molecule has 3 aliphatic heterocycles. The molecule has 24 heavy (non-hydrogen) atoms. The van der Waals surface area contributed by atoms with Crippen LogP contribution in [0.25, 0.3) is 0 Å². The van der Waals surface area contributed by atoms with Crippen molar-refractivity contribution in [3.05, 3.63) is 0 Å². The van der Waals surface area contributed by atoms with Crippen molar-refractivity contribution in [1.29, 1.82) is 0 Å². The Morgan fingerprint density at radius 3 is 2.58 bits per heavy atom. The molecule has 134 valence electrons. The standard InChI is InChI=1S/C18H27FN2O3/c19-18(6-3-7-18)16(23)21-12-17(13-21)8-5-14(11-24-17)10-20-9-2-1-4-15(20)22/h14H,1-13H2/t14-/m0/s1. The number of halogens is 1. The maximum Gasteiger partial charge on any atom is 0.260 e. The molecule has 1 saturated carbocycles. The number of hydrogen-bond donors (Lipinski definition) is 0. The van der Waals surface area contributed by atoms with E-state index in [1.54, 1.807) is 4.90 Å². The summed E-state index contributed by atoms with van der Waals surface area (Å²) in [7, 11) is 0. The maximum atomic E-state index is 14.2. The van der Waals surface area contributed by atoms with E-state index in [0.29, 0.717) is 44.9 Å². The van der Waals surface area contributed by atoms with E-state index in [2.05, 4.69) is 0 Å². The molecule has 4 rings (SSSR count). The number of alkyl halides is 1. The minimum atomic E-state index is -1.59. The van der Waals surface area contributed by atoms with Crippen LogP contribution >= 0.6 is 0 Å². The second-order valence-corrected chi connectivity index (χ2v) is 8.18. The quantitative estimate of drug-likeness (QED) is 0.790. The van der Waals surface area contributed by atoms with Crippen molar-refractivity contribution in [1.82, 2.24) is 9.80 Å². The first-order valence-electron chi connectivity index (χ1n) is 9.40. The van der Waals surface area contributed by atoms with E-state index in [1.807, 2.05) is 4.90 Å². The molecule has 5 nitrogen and oxygen atoms in total. The number of carbonyl (C=O) groups excluding carboxylic acids is 2. The summed E-state index contributed by atoms with van der Waals surface area (Å²) in [4.78, 5) is 27.7. The van der Waals surface area contributed by atoms with Crippen molar-refractivity contribution < 1.29 is 18.7 Å². The number of hydrogen-bond acceptors (Lipinski definition) is 3. The first-order chi connectivity index (χ1) is 11.5. The molecule has 0 aromatic rings. The molecule has 0 N–H and O–H groups in total. The van der Waals surface area contributed by atoms with Crippen molar-refractivity contribution in [3.63, 3.8) is 0 Å². The average Bonchev–Trinajstić information content (AvgIpc) is 2.53. The summed E-state index contributed by atoms with van der Waals surface area (Å²) < 4.78 is 20.3. The Morgan fingerprint density at radius 2 is 2.00 bits per heavy atom. The Hall–Kier alpha value is -1.17. The van der Waals surface area contributed by atoms with Crippen LogP contribution in [0, 0.1) is 5.92 Å². The average molecular weight is 338 g/mol. The number of carbonyl (C=O) groups is 2. The van der Waals surface area contributed by atoms with Crippen LogP contribution < -0.4 is 0 Å². The summed E-state index contributed by atoms with van der Waals surface area (Å²) in [6.07, 6.45) is 6.29. The van der Waals surface area contributed by atoms with Crippen LogP contribution in [0.1, 0.15) is 51.4 Å². The van der Waals surface area contributed by atoms with Crippen molar-refractivity contribution in [3.8, 4) is 0 Å². The highest BCUT2D eigenvalue weighted by atomic mass is 19.1. The van der Waals surface area contributed by atoms with Crippen LogP contribution in [0.3, 0.4) is 0 Å². The fourth-order valence-electron chi connectivity index (χ4n) is 4.45. The predicted molar refractivity (Wildman–Crippen MR) is 86.1 cm³/mol. The molecule has 0 radical (unpaired) electrons. The third-order valence-electron chi connectivity index (χ3n) is 6.31. The lowest BCUT2D eigenvalue weighted by Crippen LogP contribution is -2.69. The molecule has 4 aliphatic rings. The molecule has 1 aliphatic carbocycles. The number of piperidine rings is 1. The SMILES string of the molecule is O=C1CCCCN1C[C@@H]1CCC2(CN(C(=O)C3(F)CCC3)C2)OC1. The van der Waals surface area contributed by atoms with Crippen LogP contribution in [-0.2, 0) is 14.3 Å². The van der Waals surface area contributed by atoms with Crippen LogP contribution in [0.5, 0.6) is 0 Å². The molecule has 1 atom stereocenters. The largest absolute Gasteiger partial charge is 0.371 e. The Bertz CT molecular complexity index is 518. The second-order valence-electron chi connectivity index (χ2n) is 8.18. The highest BCUT2D eigenvalue weighted by molar-refractivity contribution is 5.87. The van der Waals surface area contributed by atoms with Crippen molar-refractivity contribution in [2.45, 2.75) is 62.6 Å². The zero-order chi connectivity index (χ0) is 16.8. The van der Waals surface area contributed by atoms with Gasteiger partial charge >= 0.3 is 0 Å². The van der Waals surface area contributed by atoms with Gasteiger partial charge in [0.25, 0.3) is 5.91 Å². The molecule has 1 spiro atoms. The van der Waals surface area contributed by atoms with Crippen LogP contribution in [0.15, 0.2) is 0 Å². The van der Waals surface area contributed by atoms with Crippen molar-refractivity contribution in [2.24, 2.45) is 5.92 Å². The van der Waals surface area contributed by atoms with E-state index < -0.39 is 5.67 Å². The number of amides is 2. The zero-order valence-electron chi connectivity index (χ0n) is 14.3. The molecule has 0 aromatic carbocycles. The van der Waals surface area contributed by atoms with Gasteiger partial charge in [-0.15, -0.1) is 0 Å². The fourth-order valence-corrected chi connectivity index (χ4v) is 4.45. The van der Waals surface area contributed by atoms with Gasteiger partial charge in [0.1, 0.15) is 5.60 Å². The molecule has 2 amide bonds. The van der Waals surface area contributed by atoms with E-state index in [9.17, 15) is 14.0 Å². The van der Waals surface area contributed by atoms with Gasteiger partial charge < -0.3 is 14.5 Å². The third kappa shape index (κ3) is 2.83. The minimum absolute atomic E-state index is 0.252. The Morgan fingerprint density at radius 1 is 1.21 bits per heavy atom. The molecular weight excluding hydrogens is 311 g/mol. The van der Waals surface area contributed by atoms with Gasteiger partial charge in [0.15, 0.2) is 5.67 Å². The van der Waals surface area contributed by atoms with E-state index >= 15 is 0 Å². The summed E-state index contributed by atoms with van der Waals surface area (Å²) in [5, 5.41) is 0. The number of rotatable bonds is 3. The van der Waals surface area contributed by atoms with Gasteiger partial charge in [-0.05, 0) is 44.9 Å². The molecule has 0 bridgehead atoms. The van der Waals surface area contributed by atoms with Gasteiger partial charge in [-0.3, -0.25) is 9.59 Å². The van der Waals surface area contributed by atoms with E-state index in [1.165, 1.54) is 0 Å². The fraction of sp³-hybridized carbons (Fsp3) is 0.889. The minimum Gasteiger partial charge on any atom is -0.371 e. The maximum absolute atomic E-state index is 14.2. The van der Waals surface area contributed by atoms with Crippen LogP contribution in [-0.4, -0.2) is 65.7 Å². The van der Waals surface area contributed by atoms with Gasteiger partial charge in [0, 0.05) is 25.4 Å². The third-order valence-corrected chi connectivity index (χ3v) is 6.31. The molecule has 4 fully saturated rings. The topological polar surface area (TPSA) is 49.9 Å². The summed E-state index contributed by atoms with van der Waals surface area (Å²) in [6.45, 7) is 3.39. The summed E-state index contributed by atoms with van der Waals surface area (Å²) in [5.74, 6) is 0.335. The monoisotopic (exact) mass is 338 g/mol. The molecule has 6 heteroatoms. The highest BCUT2D eigenvalue weighted by Crippen LogP contribution is 2.42. The lowest BCUT2D eigenvalue weighted by molar-refractivity contribution is -0.200. The first-order valence-corrected chi connectivity index (χ1v) is 9.40. The summed E-state index contributed by atoms with van der Waals surface area (Å²) >= 11 is 0. The van der Waals surface area contributed by atoms with Gasteiger partial charge in [-0.2, -0.15) is 0 Å². The Labute approximate surface area is 142 Å². The summed E-state index contributed by atoms with van der Waals surface area (Å²) in [5.41, 5.74) is -1.84. The van der Waals surface area contributed by atoms with E-state index in [0.717, 1.165) is 45.2 Å². The normalized spacial score (nSPS) is 31.5. The number of likely N-dealkylation sites (tertiary alicyclic amines) is 2. The number of ether oxygens (including phenoxy) is 1.